The molecule has 3 N–H and O–H groups in total. The van der Waals surface area contributed by atoms with E-state index in [9.17, 15) is 26.7 Å². The summed E-state index contributed by atoms with van der Waals surface area (Å²) in [7, 11) is 1.63. The molecule has 9 nitrogen and oxygen atoms in total. The number of aromatic nitrogens is 4. The second-order valence-corrected chi connectivity index (χ2v) is 10.5. The van der Waals surface area contributed by atoms with Crippen molar-refractivity contribution < 1.29 is 36.2 Å². The van der Waals surface area contributed by atoms with Crippen LogP contribution in [0.25, 0.3) is 22.0 Å². The van der Waals surface area contributed by atoms with Crippen molar-refractivity contribution in [2.45, 2.75) is 18.6 Å². The van der Waals surface area contributed by atoms with E-state index in [1.165, 1.54) is 16.8 Å². The summed E-state index contributed by atoms with van der Waals surface area (Å²) >= 11 is 6.27. The highest BCUT2D eigenvalue weighted by Crippen LogP contribution is 2.46. The molecule has 2 aromatic heterocycles. The largest absolute Gasteiger partial charge is 0.453 e. The zero-order valence-electron chi connectivity index (χ0n) is 22.8. The second kappa shape index (κ2) is 11.1. The van der Waals surface area contributed by atoms with Gasteiger partial charge >= 0.3 is 6.18 Å². The molecule has 0 bridgehead atoms. The number of nitrogens with one attached hydrogen (secondary N) is 1. The van der Waals surface area contributed by atoms with E-state index in [0.717, 1.165) is 18.6 Å². The molecular formula is C29H22ClF5N6O3. The predicted molar refractivity (Wildman–Crippen MR) is 152 cm³/mol. The van der Waals surface area contributed by atoms with E-state index in [-0.39, 0.29) is 45.5 Å². The number of nitrogens with zero attached hydrogens (tertiary/aromatic N) is 4. The number of carbonyl (C=O) groups excluding carboxylic acids is 1. The first-order valence-corrected chi connectivity index (χ1v) is 13.5. The minimum absolute atomic E-state index is 0.00329. The first-order valence-electron chi connectivity index (χ1n) is 13.1. The zero-order valence-corrected chi connectivity index (χ0v) is 23.5. The van der Waals surface area contributed by atoms with E-state index < -0.39 is 34.8 Å². The normalized spacial score (nSPS) is 15.2. The topological polar surface area (TPSA) is 109 Å². The van der Waals surface area contributed by atoms with E-state index in [4.69, 9.17) is 26.8 Å². The molecule has 0 spiro atoms. The van der Waals surface area contributed by atoms with Crippen molar-refractivity contribution in [1.82, 2.24) is 19.6 Å². The molecule has 0 radical (unpaired) electrons. The molecule has 1 amide bonds. The van der Waals surface area contributed by atoms with Gasteiger partial charge in [-0.3, -0.25) is 14.2 Å². The average molecular weight is 633 g/mol. The minimum Gasteiger partial charge on any atom is -0.453 e. The van der Waals surface area contributed by atoms with Gasteiger partial charge in [0.1, 0.15) is 17.4 Å². The third-order valence-electron chi connectivity index (χ3n) is 7.12. The van der Waals surface area contributed by atoms with Gasteiger partial charge in [0.05, 0.1) is 46.0 Å². The third kappa shape index (κ3) is 5.53. The Morgan fingerprint density at radius 3 is 2.68 bits per heavy atom. The summed E-state index contributed by atoms with van der Waals surface area (Å²) in [5.74, 6) is -3.33. The van der Waals surface area contributed by atoms with E-state index in [1.807, 2.05) is 0 Å². The van der Waals surface area contributed by atoms with Crippen molar-refractivity contribution in [3.8, 4) is 22.6 Å². The molecule has 15 heteroatoms. The number of fused-ring (bicyclic) bond motifs is 1. The Kier molecular flexibility index (Phi) is 7.41. The molecule has 6 rings (SSSR count). The van der Waals surface area contributed by atoms with Gasteiger partial charge in [-0.1, -0.05) is 11.6 Å². The van der Waals surface area contributed by atoms with Gasteiger partial charge in [-0.05, 0) is 42.8 Å². The number of halogens is 6. The summed E-state index contributed by atoms with van der Waals surface area (Å²) in [6.07, 6.45) is -0.783. The number of carbonyl (C=O) groups is 1. The van der Waals surface area contributed by atoms with Crippen LogP contribution in [0.4, 0.5) is 33.5 Å². The molecule has 1 aliphatic rings. The summed E-state index contributed by atoms with van der Waals surface area (Å²) in [6.45, 7) is 1.06. The number of ether oxygens (including phenoxy) is 2. The molecule has 1 fully saturated rings. The van der Waals surface area contributed by atoms with Gasteiger partial charge in [-0.15, -0.1) is 0 Å². The smallest absolute Gasteiger partial charge is 0.416 e. The predicted octanol–water partition coefficient (Wildman–Crippen LogP) is 6.98. The van der Waals surface area contributed by atoms with Crippen LogP contribution in [0.15, 0.2) is 54.9 Å². The molecule has 1 unspecified atom stereocenters. The van der Waals surface area contributed by atoms with E-state index >= 15 is 0 Å². The van der Waals surface area contributed by atoms with Crippen LogP contribution in [-0.2, 0) is 18.0 Å². The quantitative estimate of drug-likeness (QED) is 0.196. The van der Waals surface area contributed by atoms with Crippen LogP contribution in [0.2, 0.25) is 5.02 Å². The summed E-state index contributed by atoms with van der Waals surface area (Å²) in [6, 6.07) is 6.35. The number of anilines is 2. The summed E-state index contributed by atoms with van der Waals surface area (Å²) in [5, 5.41) is 11.5. The lowest BCUT2D eigenvalue weighted by atomic mass is 10.0. The number of nitrogen functional groups attached to an aromatic ring is 1. The maximum Gasteiger partial charge on any atom is 0.416 e. The van der Waals surface area contributed by atoms with Crippen molar-refractivity contribution in [2.75, 3.05) is 24.3 Å². The SMILES string of the molecule is Cn1nc(N)c2c(Oc3cc(F)ccc3Cl)c(NC(=O)c3cc(F)cc(C(F)(F)F)c3)cc(-c3cnn(C4CCOC4)c3)c21. The number of benzene rings is 3. The van der Waals surface area contributed by atoms with Gasteiger partial charge in [0.15, 0.2) is 11.6 Å². The molecule has 228 valence electrons. The number of rotatable bonds is 6. The highest BCUT2D eigenvalue weighted by atomic mass is 35.5. The maximum atomic E-state index is 14.2. The number of amides is 1. The van der Waals surface area contributed by atoms with Crippen molar-refractivity contribution in [3.05, 3.63) is 82.6 Å². The first-order chi connectivity index (χ1) is 20.9. The Hall–Kier alpha value is -4.69. The molecule has 1 saturated heterocycles. The van der Waals surface area contributed by atoms with Crippen molar-refractivity contribution >= 4 is 39.9 Å². The van der Waals surface area contributed by atoms with Gasteiger partial charge in [-0.2, -0.15) is 23.4 Å². The maximum absolute atomic E-state index is 14.2. The fraction of sp³-hybridized carbons (Fsp3) is 0.207. The second-order valence-electron chi connectivity index (χ2n) is 10.1. The van der Waals surface area contributed by atoms with Crippen LogP contribution in [0, 0.1) is 11.6 Å². The molecule has 1 aliphatic heterocycles. The van der Waals surface area contributed by atoms with Crippen molar-refractivity contribution in [3.63, 3.8) is 0 Å². The molecule has 0 saturated carbocycles. The first kappa shape index (κ1) is 29.4. The van der Waals surface area contributed by atoms with Gasteiger partial charge < -0.3 is 20.5 Å². The van der Waals surface area contributed by atoms with Crippen LogP contribution < -0.4 is 15.8 Å². The van der Waals surface area contributed by atoms with Crippen LogP contribution in [0.3, 0.4) is 0 Å². The molecule has 1 atom stereocenters. The van der Waals surface area contributed by atoms with Crippen LogP contribution in [0.1, 0.15) is 28.4 Å². The molecule has 0 aliphatic carbocycles. The molecule has 3 heterocycles. The Balaban J connectivity index is 1.53. The lowest BCUT2D eigenvalue weighted by molar-refractivity contribution is -0.137. The lowest BCUT2D eigenvalue weighted by Crippen LogP contribution is -2.15. The summed E-state index contributed by atoms with van der Waals surface area (Å²) in [4.78, 5) is 13.4. The third-order valence-corrected chi connectivity index (χ3v) is 7.44. The number of aryl methyl sites for hydroxylation is 1. The number of alkyl halides is 3. The lowest BCUT2D eigenvalue weighted by Gasteiger charge is -2.17. The number of hydrogen-bond acceptors (Lipinski definition) is 6. The number of hydrogen-bond donors (Lipinski definition) is 2. The van der Waals surface area contributed by atoms with E-state index in [0.29, 0.717) is 42.0 Å². The van der Waals surface area contributed by atoms with E-state index in [1.54, 1.807) is 24.1 Å². The standard InChI is InChI=1S/C29H22ClF5N6O3/c1-40-25-20(15-11-37-41(12-15)19-4-5-43-13-19)10-22(38-28(42)14-6-16(29(33,34)35)8-18(32)7-14)26(24(25)27(36)39-40)44-23-9-17(31)2-3-21(23)30/h2-3,6-12,19H,4-5,13H2,1H3,(H2,36,39)(H,38,42). The van der Waals surface area contributed by atoms with Crippen LogP contribution in [-0.4, -0.2) is 38.7 Å². The van der Waals surface area contributed by atoms with Crippen LogP contribution in [0.5, 0.6) is 11.5 Å². The highest BCUT2D eigenvalue weighted by Gasteiger charge is 2.32. The Bertz CT molecular complexity index is 1920. The zero-order chi connectivity index (χ0) is 31.3. The Morgan fingerprint density at radius 1 is 1.16 bits per heavy atom. The van der Waals surface area contributed by atoms with Gasteiger partial charge in [0, 0.05) is 42.6 Å². The van der Waals surface area contributed by atoms with Gasteiger partial charge in [-0.25, -0.2) is 8.78 Å². The fourth-order valence-corrected chi connectivity index (χ4v) is 5.22. The average Bonchev–Trinajstić information content (AvgIpc) is 3.72. The summed E-state index contributed by atoms with van der Waals surface area (Å²) < 4.78 is 83.2. The monoisotopic (exact) mass is 632 g/mol. The molecule has 44 heavy (non-hydrogen) atoms. The van der Waals surface area contributed by atoms with Crippen LogP contribution >= 0.6 is 11.6 Å². The summed E-state index contributed by atoms with van der Waals surface area (Å²) in [5.41, 5.74) is 5.76. The van der Waals surface area contributed by atoms with Gasteiger partial charge in [0.25, 0.3) is 5.91 Å². The fourth-order valence-electron chi connectivity index (χ4n) is 5.06. The number of nitrogens with two attached hydrogens (primary N) is 1. The van der Waals surface area contributed by atoms with E-state index in [2.05, 4.69) is 15.5 Å². The van der Waals surface area contributed by atoms with Gasteiger partial charge in [0.2, 0.25) is 0 Å². The Labute approximate surface area is 250 Å². The Morgan fingerprint density at radius 2 is 1.95 bits per heavy atom. The minimum atomic E-state index is -4.90. The molecule has 5 aromatic rings. The molecule has 3 aromatic carbocycles. The van der Waals surface area contributed by atoms with Crippen molar-refractivity contribution in [2.24, 2.45) is 7.05 Å². The van der Waals surface area contributed by atoms with Crippen molar-refractivity contribution in [1.29, 1.82) is 0 Å². The molecular weight excluding hydrogens is 611 g/mol. The highest BCUT2D eigenvalue weighted by molar-refractivity contribution is 6.32.